The molecule has 0 aliphatic heterocycles. The van der Waals surface area contributed by atoms with Gasteiger partial charge in [-0.05, 0) is 42.7 Å². The molecule has 4 nitrogen and oxygen atoms in total. The highest BCUT2D eigenvalue weighted by atomic mass is 19.1. The average Bonchev–Trinajstić information content (AvgIpc) is 2.68. The lowest BCUT2D eigenvalue weighted by Gasteiger charge is -2.27. The first-order chi connectivity index (χ1) is 13.4. The number of benzene rings is 3. The van der Waals surface area contributed by atoms with Crippen LogP contribution in [-0.4, -0.2) is 17.2 Å². The van der Waals surface area contributed by atoms with Gasteiger partial charge < -0.3 is 5.11 Å². The van der Waals surface area contributed by atoms with Gasteiger partial charge in [0.25, 0.3) is 5.91 Å². The smallest absolute Gasteiger partial charge is 0.281 e. The van der Waals surface area contributed by atoms with Crippen molar-refractivity contribution in [3.63, 3.8) is 0 Å². The van der Waals surface area contributed by atoms with Gasteiger partial charge in [-0.3, -0.25) is 4.79 Å². The van der Waals surface area contributed by atoms with E-state index in [1.54, 1.807) is 36.4 Å². The van der Waals surface area contributed by atoms with E-state index in [-0.39, 0.29) is 0 Å². The maximum absolute atomic E-state index is 13.3. The molecule has 0 radical (unpaired) electrons. The van der Waals surface area contributed by atoms with Crippen molar-refractivity contribution >= 4 is 12.1 Å². The molecule has 0 aliphatic carbocycles. The summed E-state index contributed by atoms with van der Waals surface area (Å²) in [7, 11) is 0. The van der Waals surface area contributed by atoms with Gasteiger partial charge in [-0.25, -0.2) is 9.82 Å². The molecule has 0 fully saturated rings. The first-order valence-corrected chi connectivity index (χ1v) is 8.85. The quantitative estimate of drug-likeness (QED) is 0.525. The molecule has 28 heavy (non-hydrogen) atoms. The van der Waals surface area contributed by atoms with Gasteiger partial charge in [-0.15, -0.1) is 0 Å². The lowest BCUT2D eigenvalue weighted by molar-refractivity contribution is -0.136. The van der Waals surface area contributed by atoms with Crippen LogP contribution in [0.1, 0.15) is 27.8 Å². The number of aryl methyl sites for hydroxylation is 2. The first kappa shape index (κ1) is 19.5. The Kier molecular flexibility index (Phi) is 5.66. The highest BCUT2D eigenvalue weighted by Crippen LogP contribution is 2.30. The Morgan fingerprint density at radius 3 is 2.00 bits per heavy atom. The minimum absolute atomic E-state index is 0.397. The van der Waals surface area contributed by atoms with E-state index in [9.17, 15) is 14.3 Å². The zero-order chi connectivity index (χ0) is 20.1. The lowest BCUT2D eigenvalue weighted by Crippen LogP contribution is -2.43. The minimum atomic E-state index is -1.92. The number of amides is 1. The third-order valence-corrected chi connectivity index (χ3v) is 4.50. The highest BCUT2D eigenvalue weighted by molar-refractivity contribution is 5.91. The molecule has 0 heterocycles. The molecule has 2 N–H and O–H groups in total. The Morgan fingerprint density at radius 1 is 0.964 bits per heavy atom. The summed E-state index contributed by atoms with van der Waals surface area (Å²) in [6.45, 7) is 3.86. The van der Waals surface area contributed by atoms with Gasteiger partial charge in [0.1, 0.15) is 5.82 Å². The maximum Gasteiger partial charge on any atom is 0.281 e. The predicted octanol–water partition coefficient (Wildman–Crippen LogP) is 3.83. The summed E-state index contributed by atoms with van der Waals surface area (Å²) in [5, 5.41) is 15.3. The van der Waals surface area contributed by atoms with Crippen molar-refractivity contribution in [2.45, 2.75) is 19.4 Å². The molecular formula is C23H21FN2O2. The lowest BCUT2D eigenvalue weighted by atomic mass is 9.85. The van der Waals surface area contributed by atoms with Crippen molar-refractivity contribution in [1.82, 2.24) is 5.43 Å². The molecule has 1 amide bonds. The number of carbonyl (C=O) groups is 1. The van der Waals surface area contributed by atoms with Crippen LogP contribution in [-0.2, 0) is 10.4 Å². The summed E-state index contributed by atoms with van der Waals surface area (Å²) in [6.07, 6.45) is 1.33. The molecule has 0 saturated heterocycles. The maximum atomic E-state index is 13.3. The third kappa shape index (κ3) is 4.15. The van der Waals surface area contributed by atoms with E-state index in [0.29, 0.717) is 16.7 Å². The number of hydrogen-bond donors (Lipinski definition) is 2. The summed E-state index contributed by atoms with van der Waals surface area (Å²) >= 11 is 0. The van der Waals surface area contributed by atoms with E-state index in [2.05, 4.69) is 10.5 Å². The predicted molar refractivity (Wildman–Crippen MR) is 107 cm³/mol. The number of hydrogen-bond acceptors (Lipinski definition) is 3. The molecule has 0 saturated carbocycles. The van der Waals surface area contributed by atoms with E-state index in [0.717, 1.165) is 11.1 Å². The van der Waals surface area contributed by atoms with Crippen molar-refractivity contribution < 1.29 is 14.3 Å². The standard InChI is InChI=1S/C23H21FN2O2/c1-16-6-10-19(11-7-16)23(28,20-12-8-17(2)9-13-20)22(27)26-25-15-18-4-3-5-21(24)14-18/h3-15,28H,1-2H3,(H,26,27)/b25-15-. The van der Waals surface area contributed by atoms with Gasteiger partial charge >= 0.3 is 0 Å². The van der Waals surface area contributed by atoms with Gasteiger partial charge in [-0.1, -0.05) is 71.8 Å². The molecule has 142 valence electrons. The number of nitrogens with one attached hydrogen (secondary N) is 1. The Labute approximate surface area is 163 Å². The van der Waals surface area contributed by atoms with Crippen molar-refractivity contribution in [1.29, 1.82) is 0 Å². The summed E-state index contributed by atoms with van der Waals surface area (Å²) in [5.41, 5.74) is 3.84. The molecule has 0 unspecified atom stereocenters. The Bertz CT molecular complexity index is 950. The second-order valence-corrected chi connectivity index (χ2v) is 6.70. The molecule has 5 heteroatoms. The Balaban J connectivity index is 1.93. The van der Waals surface area contributed by atoms with E-state index >= 15 is 0 Å². The Hall–Kier alpha value is -3.31. The molecule has 3 rings (SSSR count). The summed E-state index contributed by atoms with van der Waals surface area (Å²) in [6, 6.07) is 20.0. The Morgan fingerprint density at radius 2 is 1.50 bits per heavy atom. The highest BCUT2D eigenvalue weighted by Gasteiger charge is 2.40. The summed E-state index contributed by atoms with van der Waals surface area (Å²) in [4.78, 5) is 12.9. The van der Waals surface area contributed by atoms with Gasteiger partial charge in [-0.2, -0.15) is 5.10 Å². The monoisotopic (exact) mass is 376 g/mol. The van der Waals surface area contributed by atoms with Gasteiger partial charge in [0.15, 0.2) is 5.60 Å². The largest absolute Gasteiger partial charge is 0.372 e. The van der Waals surface area contributed by atoms with Crippen LogP contribution < -0.4 is 5.43 Å². The molecule has 3 aromatic rings. The van der Waals surface area contributed by atoms with Crippen molar-refractivity contribution in [3.05, 3.63) is 106 Å². The van der Waals surface area contributed by atoms with E-state index in [1.807, 2.05) is 38.1 Å². The molecule has 3 aromatic carbocycles. The summed E-state index contributed by atoms with van der Waals surface area (Å²) in [5.74, 6) is -1.10. The number of carbonyl (C=O) groups excluding carboxylic acids is 1. The number of halogens is 1. The SMILES string of the molecule is Cc1ccc(C(O)(C(=O)N/N=C\c2cccc(F)c2)c2ccc(C)cc2)cc1. The second-order valence-electron chi connectivity index (χ2n) is 6.70. The van der Waals surface area contributed by atoms with Crippen LogP contribution in [0.4, 0.5) is 4.39 Å². The third-order valence-electron chi connectivity index (χ3n) is 4.50. The zero-order valence-electron chi connectivity index (χ0n) is 15.7. The van der Waals surface area contributed by atoms with E-state index in [1.165, 1.54) is 18.3 Å². The van der Waals surface area contributed by atoms with Crippen molar-refractivity contribution in [2.24, 2.45) is 5.10 Å². The fourth-order valence-corrected chi connectivity index (χ4v) is 2.85. The van der Waals surface area contributed by atoms with Gasteiger partial charge in [0, 0.05) is 0 Å². The number of rotatable bonds is 5. The molecule has 0 aromatic heterocycles. The van der Waals surface area contributed by atoms with Crippen LogP contribution in [0.25, 0.3) is 0 Å². The second kappa shape index (κ2) is 8.15. The van der Waals surface area contributed by atoms with E-state index in [4.69, 9.17) is 0 Å². The van der Waals surface area contributed by atoms with Crippen LogP contribution in [0.15, 0.2) is 77.9 Å². The summed E-state index contributed by atoms with van der Waals surface area (Å²) < 4.78 is 13.3. The average molecular weight is 376 g/mol. The normalized spacial score (nSPS) is 11.6. The van der Waals surface area contributed by atoms with Crippen molar-refractivity contribution in [3.8, 4) is 0 Å². The molecule has 0 atom stereocenters. The molecule has 0 bridgehead atoms. The number of hydrazone groups is 1. The molecular weight excluding hydrogens is 355 g/mol. The number of aliphatic hydroxyl groups is 1. The van der Waals surface area contributed by atoms with E-state index < -0.39 is 17.3 Å². The topological polar surface area (TPSA) is 61.7 Å². The van der Waals surface area contributed by atoms with Crippen LogP contribution in [0.5, 0.6) is 0 Å². The fourth-order valence-electron chi connectivity index (χ4n) is 2.85. The first-order valence-electron chi connectivity index (χ1n) is 8.85. The van der Waals surface area contributed by atoms with Crippen LogP contribution in [0, 0.1) is 19.7 Å². The molecule has 0 aliphatic rings. The van der Waals surface area contributed by atoms with Crippen LogP contribution >= 0.6 is 0 Å². The van der Waals surface area contributed by atoms with Crippen molar-refractivity contribution in [2.75, 3.05) is 0 Å². The van der Waals surface area contributed by atoms with Crippen LogP contribution in [0.3, 0.4) is 0 Å². The van der Waals surface area contributed by atoms with Crippen LogP contribution in [0.2, 0.25) is 0 Å². The number of nitrogens with zero attached hydrogens (tertiary/aromatic N) is 1. The van der Waals surface area contributed by atoms with Gasteiger partial charge in [0.2, 0.25) is 0 Å². The van der Waals surface area contributed by atoms with Gasteiger partial charge in [0.05, 0.1) is 6.21 Å². The zero-order valence-corrected chi connectivity index (χ0v) is 15.7. The minimum Gasteiger partial charge on any atom is -0.372 e. The molecule has 0 spiro atoms. The fraction of sp³-hybridized carbons (Fsp3) is 0.130.